The quantitative estimate of drug-likeness (QED) is 0.687. The number of nitrogens with two attached hydrogens (primary N) is 1. The van der Waals surface area contributed by atoms with Gasteiger partial charge in [0.15, 0.2) is 0 Å². The van der Waals surface area contributed by atoms with Gasteiger partial charge in [0, 0.05) is 17.7 Å². The maximum absolute atomic E-state index is 13.5. The van der Waals surface area contributed by atoms with Crippen molar-refractivity contribution in [2.45, 2.75) is 52.1 Å². The van der Waals surface area contributed by atoms with E-state index in [1.165, 1.54) is 0 Å². The van der Waals surface area contributed by atoms with Crippen LogP contribution in [0.5, 0.6) is 0 Å². The first-order valence-corrected chi connectivity index (χ1v) is 9.99. The molecular weight excluding hydrogens is 388 g/mol. The average Bonchev–Trinajstić information content (AvgIpc) is 2.94. The van der Waals surface area contributed by atoms with Crippen LogP contribution in [0, 0.1) is 0 Å². The molecule has 0 bridgehead atoms. The lowest BCUT2D eigenvalue weighted by molar-refractivity contribution is -0.145. The molecule has 0 saturated heterocycles. The van der Waals surface area contributed by atoms with Gasteiger partial charge in [0.1, 0.15) is 22.3 Å². The number of amides is 1. The molecule has 2 aliphatic rings. The predicted octanol–water partition coefficient (Wildman–Crippen LogP) is 2.65. The minimum atomic E-state index is -1.82. The fourth-order valence-corrected chi connectivity index (χ4v) is 3.91. The number of carbonyl (C=O) groups excluding carboxylic acids is 3. The van der Waals surface area contributed by atoms with Crippen LogP contribution in [0.3, 0.4) is 0 Å². The van der Waals surface area contributed by atoms with Crippen LogP contribution in [0.25, 0.3) is 0 Å². The summed E-state index contributed by atoms with van der Waals surface area (Å²) in [6, 6.07) is 6.84. The number of hydrogen-bond acceptors (Lipinski definition) is 7. The molecule has 1 spiro atoms. The van der Waals surface area contributed by atoms with Crippen molar-refractivity contribution in [3.05, 3.63) is 52.6 Å². The van der Waals surface area contributed by atoms with Crippen molar-refractivity contribution in [1.29, 1.82) is 0 Å². The minimum Gasteiger partial charge on any atom is -0.462 e. The molecule has 0 aliphatic carbocycles. The molecule has 3 rings (SSSR count). The molecule has 8 nitrogen and oxygen atoms in total. The highest BCUT2D eigenvalue weighted by molar-refractivity contribution is 6.21. The number of hydrogen-bond donors (Lipinski definition) is 2. The molecule has 3 N–H and O–H groups in total. The third kappa shape index (κ3) is 3.22. The number of para-hydroxylation sites is 1. The number of anilines is 1. The second-order valence-electron chi connectivity index (χ2n) is 7.31. The first kappa shape index (κ1) is 21.4. The largest absolute Gasteiger partial charge is 0.462 e. The number of nitrogens with one attached hydrogen (secondary N) is 1. The van der Waals surface area contributed by atoms with Crippen LogP contribution >= 0.6 is 0 Å². The van der Waals surface area contributed by atoms with Crippen molar-refractivity contribution in [2.24, 2.45) is 5.73 Å². The summed E-state index contributed by atoms with van der Waals surface area (Å²) < 4.78 is 16.4. The lowest BCUT2D eigenvalue weighted by Gasteiger charge is -2.36. The number of carbonyl (C=O) groups is 3. The van der Waals surface area contributed by atoms with Gasteiger partial charge in [0.25, 0.3) is 0 Å². The molecule has 1 aromatic rings. The van der Waals surface area contributed by atoms with Gasteiger partial charge in [0.2, 0.25) is 11.8 Å². The molecule has 0 radical (unpaired) electrons. The molecule has 2 heterocycles. The number of rotatable bonds is 6. The van der Waals surface area contributed by atoms with Gasteiger partial charge in [-0.25, -0.2) is 9.59 Å². The summed E-state index contributed by atoms with van der Waals surface area (Å²) in [6.45, 7) is 7.01. The molecule has 1 amide bonds. The molecule has 0 saturated carbocycles. The Balaban J connectivity index is 2.38. The summed E-state index contributed by atoms with van der Waals surface area (Å²) in [4.78, 5) is 39.8. The van der Waals surface area contributed by atoms with Crippen LogP contribution < -0.4 is 11.1 Å². The standard InChI is InChI=1S/C22H26N2O6/c1-5-9-15-16(19(25)28-6-2)22(13-10-7-8-11-14(13)24-21(22)27)17(18(23)30-15)20(26)29-12(3)4/h7-8,10-12H,5-6,9,23H2,1-4H3,(H,24,27)/t22-/m0/s1. The summed E-state index contributed by atoms with van der Waals surface area (Å²) in [7, 11) is 0. The van der Waals surface area contributed by atoms with Gasteiger partial charge in [-0.3, -0.25) is 4.79 Å². The van der Waals surface area contributed by atoms with Gasteiger partial charge in [-0.05, 0) is 33.3 Å². The molecule has 0 unspecified atom stereocenters. The molecule has 1 aromatic carbocycles. The van der Waals surface area contributed by atoms with Crippen molar-refractivity contribution in [2.75, 3.05) is 11.9 Å². The van der Waals surface area contributed by atoms with Crippen LogP contribution in [0.4, 0.5) is 5.69 Å². The third-order valence-electron chi connectivity index (χ3n) is 4.93. The number of allylic oxidation sites excluding steroid dienone is 1. The zero-order valence-corrected chi connectivity index (χ0v) is 17.5. The maximum Gasteiger partial charge on any atom is 0.341 e. The highest BCUT2D eigenvalue weighted by atomic mass is 16.6. The molecule has 0 aromatic heterocycles. The van der Waals surface area contributed by atoms with Crippen molar-refractivity contribution in [1.82, 2.24) is 0 Å². The van der Waals surface area contributed by atoms with E-state index in [9.17, 15) is 14.4 Å². The molecule has 1 atom stereocenters. The zero-order valence-electron chi connectivity index (χ0n) is 17.5. The third-order valence-corrected chi connectivity index (χ3v) is 4.93. The summed E-state index contributed by atoms with van der Waals surface area (Å²) in [5, 5.41) is 2.77. The highest BCUT2D eigenvalue weighted by Gasteiger charge is 2.62. The van der Waals surface area contributed by atoms with E-state index in [2.05, 4.69) is 5.32 Å². The molecular formula is C22H26N2O6. The molecule has 0 fully saturated rings. The van der Waals surface area contributed by atoms with E-state index in [1.54, 1.807) is 45.0 Å². The number of ether oxygens (including phenoxy) is 3. The lowest BCUT2D eigenvalue weighted by atomic mass is 9.67. The SMILES string of the molecule is CCCC1=C(C(=O)OCC)[C@]2(C(=O)Nc3ccccc32)C(C(=O)OC(C)C)=C(N)O1. The summed E-state index contributed by atoms with van der Waals surface area (Å²) in [5.41, 5.74) is 5.00. The Morgan fingerprint density at radius 1 is 1.17 bits per heavy atom. The smallest absolute Gasteiger partial charge is 0.341 e. The zero-order chi connectivity index (χ0) is 22.1. The van der Waals surface area contributed by atoms with Crippen molar-refractivity contribution in [3.63, 3.8) is 0 Å². The van der Waals surface area contributed by atoms with Crippen molar-refractivity contribution >= 4 is 23.5 Å². The van der Waals surface area contributed by atoms with Crippen LogP contribution in [-0.2, 0) is 34.0 Å². The Bertz CT molecular complexity index is 962. The van der Waals surface area contributed by atoms with E-state index in [0.29, 0.717) is 24.1 Å². The molecule has 30 heavy (non-hydrogen) atoms. The Hall–Kier alpha value is -3.29. The topological polar surface area (TPSA) is 117 Å². The Morgan fingerprint density at radius 2 is 1.87 bits per heavy atom. The fraction of sp³-hybridized carbons (Fsp3) is 0.409. The highest BCUT2D eigenvalue weighted by Crippen LogP contribution is 2.53. The lowest BCUT2D eigenvalue weighted by Crippen LogP contribution is -2.49. The van der Waals surface area contributed by atoms with Crippen molar-refractivity contribution in [3.8, 4) is 0 Å². The van der Waals surface area contributed by atoms with E-state index >= 15 is 0 Å². The molecule has 160 valence electrons. The Labute approximate surface area is 175 Å². The second-order valence-corrected chi connectivity index (χ2v) is 7.31. The van der Waals surface area contributed by atoms with E-state index < -0.39 is 29.4 Å². The summed E-state index contributed by atoms with van der Waals surface area (Å²) in [6.07, 6.45) is 0.483. The summed E-state index contributed by atoms with van der Waals surface area (Å²) in [5.74, 6) is -2.20. The number of fused-ring (bicyclic) bond motifs is 2. The molecule has 8 heteroatoms. The normalized spacial score (nSPS) is 20.2. The van der Waals surface area contributed by atoms with E-state index in [1.807, 2.05) is 6.92 Å². The van der Waals surface area contributed by atoms with Crippen LogP contribution in [-0.4, -0.2) is 30.6 Å². The van der Waals surface area contributed by atoms with Crippen molar-refractivity contribution < 1.29 is 28.6 Å². The van der Waals surface area contributed by atoms with Crippen LogP contribution in [0.15, 0.2) is 47.1 Å². The molecule has 2 aliphatic heterocycles. The predicted molar refractivity (Wildman–Crippen MR) is 109 cm³/mol. The van der Waals surface area contributed by atoms with Gasteiger partial charge < -0.3 is 25.3 Å². The summed E-state index contributed by atoms with van der Waals surface area (Å²) >= 11 is 0. The fourth-order valence-electron chi connectivity index (χ4n) is 3.91. The van der Waals surface area contributed by atoms with Gasteiger partial charge in [0.05, 0.1) is 12.7 Å². The maximum atomic E-state index is 13.5. The van der Waals surface area contributed by atoms with Crippen LogP contribution in [0.1, 0.15) is 46.1 Å². The number of esters is 2. The first-order chi connectivity index (χ1) is 14.3. The van der Waals surface area contributed by atoms with E-state index in [4.69, 9.17) is 19.9 Å². The van der Waals surface area contributed by atoms with Gasteiger partial charge in [-0.2, -0.15) is 0 Å². The van der Waals surface area contributed by atoms with E-state index in [-0.39, 0.29) is 29.4 Å². The average molecular weight is 414 g/mol. The minimum absolute atomic E-state index is 0.0430. The van der Waals surface area contributed by atoms with Crippen LogP contribution in [0.2, 0.25) is 0 Å². The number of benzene rings is 1. The Morgan fingerprint density at radius 3 is 2.50 bits per heavy atom. The van der Waals surface area contributed by atoms with E-state index in [0.717, 1.165) is 0 Å². The monoisotopic (exact) mass is 414 g/mol. The van der Waals surface area contributed by atoms with Gasteiger partial charge >= 0.3 is 11.9 Å². The van der Waals surface area contributed by atoms with Gasteiger partial charge in [-0.15, -0.1) is 0 Å². The Kier molecular flexibility index (Phi) is 5.87. The first-order valence-electron chi connectivity index (χ1n) is 9.99. The van der Waals surface area contributed by atoms with Gasteiger partial charge in [-0.1, -0.05) is 25.1 Å². The second kappa shape index (κ2) is 8.22.